The Kier molecular flexibility index (Phi) is 9.02. The lowest BCUT2D eigenvalue weighted by atomic mass is 10.5. The van der Waals surface area contributed by atoms with E-state index in [0.717, 1.165) is 6.26 Å². The van der Waals surface area contributed by atoms with Crippen LogP contribution in [0.3, 0.4) is 0 Å². The molecule has 6 nitrogen and oxygen atoms in total. The average molecular weight is 425 g/mol. The lowest BCUT2D eigenvalue weighted by Gasteiger charge is -2.45. The van der Waals surface area contributed by atoms with Crippen molar-refractivity contribution in [3.05, 3.63) is 12.8 Å². The van der Waals surface area contributed by atoms with Gasteiger partial charge in [0, 0.05) is 0 Å². The summed E-state index contributed by atoms with van der Waals surface area (Å²) in [6, 6.07) is 0. The maximum atomic E-state index is 11.9. The Morgan fingerprint density at radius 2 is 1.24 bits per heavy atom. The van der Waals surface area contributed by atoms with Crippen molar-refractivity contribution in [1.82, 2.24) is 0 Å². The second-order valence-electron chi connectivity index (χ2n) is 8.80. The van der Waals surface area contributed by atoms with Crippen LogP contribution in [0.1, 0.15) is 13.3 Å². The number of ether oxygens (including phenoxy) is 2. The lowest BCUT2D eigenvalue weighted by Crippen LogP contribution is -2.67. The second kappa shape index (κ2) is 9.11. The number of hydrogen-bond donors (Lipinski definition) is 0. The van der Waals surface area contributed by atoms with Crippen LogP contribution < -0.4 is 0 Å². The predicted molar refractivity (Wildman–Crippen MR) is 111 cm³/mol. The SMILES string of the molecule is C=COC(=O)OC(CC)[Si](O[Si](C)(C)C)(O[Si](C)(C)C)O[Si](C)(C)C. The van der Waals surface area contributed by atoms with E-state index in [-0.39, 0.29) is 0 Å². The predicted octanol–water partition coefficient (Wildman–Crippen LogP) is 5.09. The first-order chi connectivity index (χ1) is 11.0. The van der Waals surface area contributed by atoms with Crippen LogP contribution in [-0.4, -0.2) is 45.6 Å². The molecule has 0 amide bonds. The molecule has 0 bridgehead atoms. The van der Waals surface area contributed by atoms with Crippen LogP contribution in [0.15, 0.2) is 12.8 Å². The third-order valence-electron chi connectivity index (χ3n) is 2.53. The molecule has 0 aromatic rings. The Morgan fingerprint density at radius 3 is 1.48 bits per heavy atom. The van der Waals surface area contributed by atoms with E-state index in [1.54, 1.807) is 0 Å². The lowest BCUT2D eigenvalue weighted by molar-refractivity contribution is 0.0434. The molecule has 1 unspecified atom stereocenters. The van der Waals surface area contributed by atoms with Crippen LogP contribution in [0.4, 0.5) is 4.79 Å². The zero-order valence-corrected chi connectivity index (χ0v) is 21.5. The molecule has 0 aliphatic heterocycles. The summed E-state index contributed by atoms with van der Waals surface area (Å²) < 4.78 is 30.0. The minimum absolute atomic E-state index is 0.526. The van der Waals surface area contributed by atoms with Gasteiger partial charge in [0.05, 0.1) is 6.26 Å². The van der Waals surface area contributed by atoms with Crippen LogP contribution in [0.5, 0.6) is 0 Å². The van der Waals surface area contributed by atoms with Crippen LogP contribution >= 0.6 is 0 Å². The van der Waals surface area contributed by atoms with Crippen molar-refractivity contribution in [2.75, 3.05) is 0 Å². The van der Waals surface area contributed by atoms with Gasteiger partial charge in [-0.25, -0.2) is 4.79 Å². The monoisotopic (exact) mass is 424 g/mol. The standard InChI is InChI=1S/C15H36O6Si4/c1-12-14(18-15(16)17-13-2)25(19-22(3,4)5,20-23(6,7)8)21-24(9,10)11/h13-14H,2,12H2,1,3-11H3. The molecule has 0 fully saturated rings. The Bertz CT molecular complexity index is 410. The Morgan fingerprint density at radius 1 is 0.880 bits per heavy atom. The van der Waals surface area contributed by atoms with Crippen LogP contribution in [-0.2, 0) is 21.8 Å². The molecule has 0 N–H and O–H groups in total. The summed E-state index contributed by atoms with van der Waals surface area (Å²) in [6.07, 6.45) is 0.769. The quantitative estimate of drug-likeness (QED) is 0.276. The van der Waals surface area contributed by atoms with Crippen LogP contribution in [0, 0.1) is 0 Å². The average Bonchev–Trinajstić information content (AvgIpc) is 2.29. The fraction of sp³-hybridized carbons (Fsp3) is 0.800. The maximum absolute atomic E-state index is 11.9. The van der Waals surface area contributed by atoms with Gasteiger partial charge in [-0.15, -0.1) is 0 Å². The molecule has 0 aromatic carbocycles. The molecule has 0 radical (unpaired) electrons. The minimum Gasteiger partial charge on any atom is -0.426 e. The van der Waals surface area contributed by atoms with E-state index >= 15 is 0 Å². The van der Waals surface area contributed by atoms with E-state index < -0.39 is 45.6 Å². The zero-order valence-electron chi connectivity index (χ0n) is 17.5. The summed E-state index contributed by atoms with van der Waals surface area (Å²) in [5.74, 6) is 0. The van der Waals surface area contributed by atoms with Gasteiger partial charge < -0.3 is 21.8 Å². The Labute approximate surface area is 157 Å². The molecular weight excluding hydrogens is 389 g/mol. The Balaban J connectivity index is 6.06. The summed E-state index contributed by atoms with van der Waals surface area (Å²) in [7, 11) is -9.41. The maximum Gasteiger partial charge on any atom is 0.513 e. The van der Waals surface area contributed by atoms with Gasteiger partial charge >= 0.3 is 15.0 Å². The summed E-state index contributed by atoms with van der Waals surface area (Å²) >= 11 is 0. The summed E-state index contributed by atoms with van der Waals surface area (Å²) in [4.78, 5) is 11.9. The number of carbonyl (C=O) groups is 1. The molecular formula is C15H36O6Si4. The minimum atomic E-state index is -3.30. The molecule has 0 rings (SSSR count). The van der Waals surface area contributed by atoms with Gasteiger partial charge in [-0.05, 0) is 65.3 Å². The van der Waals surface area contributed by atoms with Crippen molar-refractivity contribution in [3.63, 3.8) is 0 Å². The topological polar surface area (TPSA) is 63.2 Å². The van der Waals surface area contributed by atoms with Gasteiger partial charge in [-0.1, -0.05) is 13.5 Å². The smallest absolute Gasteiger partial charge is 0.426 e. The van der Waals surface area contributed by atoms with Crippen LogP contribution in [0.25, 0.3) is 0 Å². The second-order valence-corrected chi connectivity index (χ2v) is 25.8. The molecule has 1 atom stereocenters. The first kappa shape index (κ1) is 24.8. The largest absolute Gasteiger partial charge is 0.513 e. The number of carbonyl (C=O) groups excluding carboxylic acids is 1. The van der Waals surface area contributed by atoms with Crippen LogP contribution in [0.2, 0.25) is 58.9 Å². The summed E-state index contributed by atoms with van der Waals surface area (Å²) in [5.41, 5.74) is -0.606. The first-order valence-electron chi connectivity index (χ1n) is 8.62. The van der Waals surface area contributed by atoms with Crippen molar-refractivity contribution in [2.24, 2.45) is 0 Å². The van der Waals surface area contributed by atoms with E-state index in [4.69, 9.17) is 21.8 Å². The highest BCUT2D eigenvalue weighted by molar-refractivity contribution is 6.90. The summed E-state index contributed by atoms with van der Waals surface area (Å²) in [5, 5.41) is 0. The molecule has 25 heavy (non-hydrogen) atoms. The van der Waals surface area contributed by atoms with Crippen molar-refractivity contribution in [2.45, 2.75) is 78.0 Å². The number of rotatable bonds is 10. The van der Waals surface area contributed by atoms with Gasteiger partial charge in [0.15, 0.2) is 30.7 Å². The molecule has 0 spiro atoms. The van der Waals surface area contributed by atoms with Gasteiger partial charge in [0.2, 0.25) is 0 Å². The fourth-order valence-electron chi connectivity index (χ4n) is 2.16. The molecule has 0 saturated carbocycles. The van der Waals surface area contributed by atoms with E-state index in [1.165, 1.54) is 0 Å². The first-order valence-corrected chi connectivity index (χ1v) is 20.6. The van der Waals surface area contributed by atoms with Gasteiger partial charge in [-0.2, -0.15) is 0 Å². The highest BCUT2D eigenvalue weighted by Gasteiger charge is 2.57. The zero-order chi connectivity index (χ0) is 20.1. The molecule has 148 valence electrons. The van der Waals surface area contributed by atoms with Gasteiger partial charge in [0.25, 0.3) is 0 Å². The Hall–Kier alpha value is -0.242. The molecule has 0 heterocycles. The fourth-order valence-corrected chi connectivity index (χ4v) is 16.3. The van der Waals surface area contributed by atoms with Crippen molar-refractivity contribution >= 4 is 39.9 Å². The van der Waals surface area contributed by atoms with E-state index in [9.17, 15) is 4.79 Å². The third kappa shape index (κ3) is 10.5. The van der Waals surface area contributed by atoms with Crippen molar-refractivity contribution in [3.8, 4) is 0 Å². The highest BCUT2D eigenvalue weighted by Crippen LogP contribution is 2.31. The van der Waals surface area contributed by atoms with Gasteiger partial charge in [0.1, 0.15) is 0 Å². The molecule has 0 aliphatic carbocycles. The molecule has 0 aromatic heterocycles. The third-order valence-corrected chi connectivity index (χ3v) is 14.6. The molecule has 0 aliphatic rings. The summed E-state index contributed by atoms with van der Waals surface area (Å²) in [6.45, 7) is 24.1. The number of hydrogen-bond acceptors (Lipinski definition) is 6. The highest BCUT2D eigenvalue weighted by atomic mass is 28.5. The molecule has 0 saturated heterocycles. The van der Waals surface area contributed by atoms with Gasteiger partial charge in [-0.3, -0.25) is 0 Å². The van der Waals surface area contributed by atoms with Crippen molar-refractivity contribution in [1.29, 1.82) is 0 Å². The van der Waals surface area contributed by atoms with E-state index in [1.807, 2.05) is 6.92 Å². The van der Waals surface area contributed by atoms with E-state index in [0.29, 0.717) is 6.42 Å². The van der Waals surface area contributed by atoms with Crippen molar-refractivity contribution < 1.29 is 26.6 Å². The normalized spacial score (nSPS) is 14.8. The molecule has 10 heteroatoms. The van der Waals surface area contributed by atoms with E-state index in [2.05, 4.69) is 65.5 Å².